The van der Waals surface area contributed by atoms with Gasteiger partial charge in [-0.3, -0.25) is 4.79 Å². The van der Waals surface area contributed by atoms with Crippen LogP contribution in [-0.2, 0) is 0 Å². The molecule has 2 heterocycles. The van der Waals surface area contributed by atoms with Crippen molar-refractivity contribution in [2.75, 3.05) is 13.2 Å². The zero-order chi connectivity index (χ0) is 12.4. The number of halogens is 1. The summed E-state index contributed by atoms with van der Waals surface area (Å²) < 4.78 is 0.976. The lowest BCUT2D eigenvalue weighted by molar-refractivity contribution is 0.0489. The van der Waals surface area contributed by atoms with Crippen LogP contribution in [0.25, 0.3) is 0 Å². The molecule has 1 aromatic rings. The molecule has 0 radical (unpaired) electrons. The Morgan fingerprint density at radius 3 is 3.00 bits per heavy atom. The van der Waals surface area contributed by atoms with E-state index in [1.165, 1.54) is 11.3 Å². The van der Waals surface area contributed by atoms with E-state index in [1.54, 1.807) is 0 Å². The predicted octanol–water partition coefficient (Wildman–Crippen LogP) is 2.74. The van der Waals surface area contributed by atoms with Gasteiger partial charge in [0.1, 0.15) is 0 Å². The van der Waals surface area contributed by atoms with Gasteiger partial charge in [0.05, 0.1) is 9.35 Å². The number of rotatable bonds is 2. The lowest BCUT2D eigenvalue weighted by Crippen LogP contribution is -2.46. The fourth-order valence-corrected chi connectivity index (χ4v) is 3.33. The highest BCUT2D eigenvalue weighted by Gasteiger charge is 2.29. The van der Waals surface area contributed by atoms with Crippen LogP contribution in [-0.4, -0.2) is 35.1 Å². The molecule has 3 nitrogen and oxygen atoms in total. The number of aliphatic hydroxyl groups is 1. The Kier molecular flexibility index (Phi) is 4.22. The predicted molar refractivity (Wildman–Crippen MR) is 72.3 cm³/mol. The molecular formula is C12H16BrNO2S. The number of hydrogen-bond acceptors (Lipinski definition) is 3. The molecule has 5 heteroatoms. The number of nitrogens with zero attached hydrogens (tertiary/aromatic N) is 1. The number of amides is 1. The van der Waals surface area contributed by atoms with Gasteiger partial charge in [0.2, 0.25) is 0 Å². The fraction of sp³-hybridized carbons (Fsp3) is 0.583. The molecule has 0 aliphatic carbocycles. The largest absolute Gasteiger partial charge is 0.396 e. The average Bonchev–Trinajstić information content (AvgIpc) is 2.76. The summed E-state index contributed by atoms with van der Waals surface area (Å²) in [5.41, 5.74) is 0.743. The molecule has 2 atom stereocenters. The van der Waals surface area contributed by atoms with Crippen LogP contribution in [0.2, 0.25) is 0 Å². The minimum Gasteiger partial charge on any atom is -0.396 e. The van der Waals surface area contributed by atoms with Crippen LogP contribution >= 0.6 is 27.3 Å². The van der Waals surface area contributed by atoms with E-state index in [0.717, 1.165) is 22.2 Å². The van der Waals surface area contributed by atoms with Gasteiger partial charge in [0.25, 0.3) is 5.91 Å². The van der Waals surface area contributed by atoms with Gasteiger partial charge in [-0.1, -0.05) is 0 Å². The van der Waals surface area contributed by atoms with Crippen LogP contribution in [0.3, 0.4) is 0 Å². The maximum atomic E-state index is 12.3. The van der Waals surface area contributed by atoms with Crippen LogP contribution in [0.4, 0.5) is 0 Å². The first-order chi connectivity index (χ1) is 8.11. The second kappa shape index (κ2) is 5.50. The molecule has 17 heavy (non-hydrogen) atoms. The molecule has 2 unspecified atom stereocenters. The standard InChI is InChI=1S/C12H16BrNO2S/c1-8-2-3-9(6-15)5-14(8)12(16)10-4-11(13)17-7-10/h4,7-9,15H,2-3,5-6H2,1H3. The third-order valence-electron chi connectivity index (χ3n) is 3.31. The van der Waals surface area contributed by atoms with Gasteiger partial charge in [-0.05, 0) is 47.7 Å². The van der Waals surface area contributed by atoms with Gasteiger partial charge in [-0.2, -0.15) is 0 Å². The quantitative estimate of drug-likeness (QED) is 0.911. The monoisotopic (exact) mass is 317 g/mol. The lowest BCUT2D eigenvalue weighted by Gasteiger charge is -2.37. The van der Waals surface area contributed by atoms with Gasteiger partial charge >= 0.3 is 0 Å². The summed E-state index contributed by atoms with van der Waals surface area (Å²) in [6, 6.07) is 2.13. The number of hydrogen-bond donors (Lipinski definition) is 1. The second-order valence-corrected chi connectivity index (χ2v) is 6.86. The molecule has 1 aliphatic rings. The van der Waals surface area contributed by atoms with Crippen molar-refractivity contribution in [1.82, 2.24) is 4.90 Å². The Labute approximate surface area is 114 Å². The van der Waals surface area contributed by atoms with Gasteiger partial charge in [-0.15, -0.1) is 11.3 Å². The minimum absolute atomic E-state index is 0.0811. The van der Waals surface area contributed by atoms with Crippen LogP contribution in [0.15, 0.2) is 15.2 Å². The van der Waals surface area contributed by atoms with Crippen LogP contribution < -0.4 is 0 Å². The highest BCUT2D eigenvalue weighted by atomic mass is 79.9. The van der Waals surface area contributed by atoms with Crippen LogP contribution in [0, 0.1) is 5.92 Å². The molecule has 2 rings (SSSR count). The Hall–Kier alpha value is -0.390. The van der Waals surface area contributed by atoms with Crippen molar-refractivity contribution in [1.29, 1.82) is 0 Å². The van der Waals surface area contributed by atoms with Gasteiger partial charge < -0.3 is 10.0 Å². The molecule has 1 amide bonds. The number of thiophene rings is 1. The number of carbonyl (C=O) groups is 1. The number of piperidine rings is 1. The Bertz CT molecular complexity index is 407. The zero-order valence-corrected chi connectivity index (χ0v) is 12.1. The Morgan fingerprint density at radius 2 is 2.41 bits per heavy atom. The maximum Gasteiger partial charge on any atom is 0.254 e. The van der Waals surface area contributed by atoms with Crippen molar-refractivity contribution in [2.24, 2.45) is 5.92 Å². The molecule has 0 spiro atoms. The van der Waals surface area contributed by atoms with Gasteiger partial charge in [-0.25, -0.2) is 0 Å². The maximum absolute atomic E-state index is 12.3. The number of likely N-dealkylation sites (tertiary alicyclic amines) is 1. The minimum atomic E-state index is 0.0811. The van der Waals surface area contributed by atoms with Crippen LogP contribution in [0.1, 0.15) is 30.1 Å². The van der Waals surface area contributed by atoms with E-state index >= 15 is 0 Å². The summed E-state index contributed by atoms with van der Waals surface area (Å²) >= 11 is 4.90. The van der Waals surface area contributed by atoms with E-state index in [2.05, 4.69) is 22.9 Å². The second-order valence-electron chi connectivity index (χ2n) is 4.57. The summed E-state index contributed by atoms with van der Waals surface area (Å²) in [7, 11) is 0. The van der Waals surface area contributed by atoms with Crippen molar-refractivity contribution in [3.05, 3.63) is 20.8 Å². The van der Waals surface area contributed by atoms with Crippen LogP contribution in [0.5, 0.6) is 0 Å². The molecule has 0 bridgehead atoms. The summed E-state index contributed by atoms with van der Waals surface area (Å²) in [5.74, 6) is 0.315. The molecule has 0 aromatic carbocycles. The molecule has 1 N–H and O–H groups in total. The Balaban J connectivity index is 2.12. The van der Waals surface area contributed by atoms with Crippen molar-refractivity contribution in [3.8, 4) is 0 Å². The van der Waals surface area contributed by atoms with E-state index in [-0.39, 0.29) is 24.5 Å². The van der Waals surface area contributed by atoms with E-state index in [4.69, 9.17) is 0 Å². The molecule has 1 fully saturated rings. The number of aliphatic hydroxyl groups excluding tert-OH is 1. The number of carbonyl (C=O) groups excluding carboxylic acids is 1. The first-order valence-electron chi connectivity index (χ1n) is 5.77. The summed E-state index contributed by atoms with van der Waals surface area (Å²) in [5, 5.41) is 11.1. The SMILES string of the molecule is CC1CCC(CO)CN1C(=O)c1csc(Br)c1. The first kappa shape index (κ1) is 13.1. The summed E-state index contributed by atoms with van der Waals surface area (Å²) in [6.07, 6.45) is 1.98. The smallest absolute Gasteiger partial charge is 0.254 e. The molecule has 1 saturated heterocycles. The third-order valence-corrected chi connectivity index (χ3v) is 4.82. The summed E-state index contributed by atoms with van der Waals surface area (Å²) in [4.78, 5) is 14.2. The zero-order valence-electron chi connectivity index (χ0n) is 9.73. The molecule has 0 saturated carbocycles. The fourth-order valence-electron chi connectivity index (χ4n) is 2.20. The van der Waals surface area contributed by atoms with Crippen molar-refractivity contribution < 1.29 is 9.90 Å². The first-order valence-corrected chi connectivity index (χ1v) is 7.45. The summed E-state index contributed by atoms with van der Waals surface area (Å²) in [6.45, 7) is 2.92. The average molecular weight is 318 g/mol. The molecule has 1 aliphatic heterocycles. The van der Waals surface area contributed by atoms with E-state index in [9.17, 15) is 9.90 Å². The highest BCUT2D eigenvalue weighted by Crippen LogP contribution is 2.26. The van der Waals surface area contributed by atoms with E-state index in [1.807, 2.05) is 16.3 Å². The lowest BCUT2D eigenvalue weighted by atomic mass is 9.93. The van der Waals surface area contributed by atoms with Crippen molar-refractivity contribution in [3.63, 3.8) is 0 Å². The molecular weight excluding hydrogens is 302 g/mol. The van der Waals surface area contributed by atoms with Gasteiger partial charge in [0.15, 0.2) is 0 Å². The molecule has 1 aromatic heterocycles. The van der Waals surface area contributed by atoms with Crippen molar-refractivity contribution in [2.45, 2.75) is 25.8 Å². The third kappa shape index (κ3) is 2.89. The van der Waals surface area contributed by atoms with E-state index < -0.39 is 0 Å². The highest BCUT2D eigenvalue weighted by molar-refractivity contribution is 9.11. The van der Waals surface area contributed by atoms with E-state index in [0.29, 0.717) is 6.54 Å². The van der Waals surface area contributed by atoms with Gasteiger partial charge in [0, 0.05) is 24.6 Å². The van der Waals surface area contributed by atoms with Crippen molar-refractivity contribution >= 4 is 33.2 Å². The Morgan fingerprint density at radius 1 is 1.65 bits per heavy atom. The molecule has 94 valence electrons. The normalized spacial score (nSPS) is 25.0. The topological polar surface area (TPSA) is 40.5 Å².